The van der Waals surface area contributed by atoms with Gasteiger partial charge in [-0.3, -0.25) is 4.79 Å². The number of aliphatic carboxylic acids is 1. The van der Waals surface area contributed by atoms with Crippen molar-refractivity contribution in [1.82, 2.24) is 10.2 Å². The number of halogens is 2. The molecule has 4 rings (SSSR count). The molecule has 2 aromatic rings. The smallest absolute Gasteiger partial charge is 0.407 e. The number of carbonyl (C=O) groups excluding carboxylic acids is 2. The lowest BCUT2D eigenvalue weighted by atomic mass is 9.88. The Morgan fingerprint density at radius 3 is 2.23 bits per heavy atom. The van der Waals surface area contributed by atoms with Crippen molar-refractivity contribution >= 4 is 18.0 Å². The quantitative estimate of drug-likeness (QED) is 0.610. The van der Waals surface area contributed by atoms with Crippen LogP contribution in [-0.4, -0.2) is 59.6 Å². The third kappa shape index (κ3) is 5.28. The summed E-state index contributed by atoms with van der Waals surface area (Å²) in [6.45, 7) is 2.66. The summed E-state index contributed by atoms with van der Waals surface area (Å²) in [6.07, 6.45) is -1.74. The molecule has 9 heteroatoms. The lowest BCUT2D eigenvalue weighted by molar-refractivity contribution is -0.149. The molecule has 1 aliphatic carbocycles. The Kier molecular flexibility index (Phi) is 6.53. The van der Waals surface area contributed by atoms with Crippen LogP contribution in [0.2, 0.25) is 0 Å². The van der Waals surface area contributed by atoms with Crippen LogP contribution in [0.25, 0.3) is 11.1 Å². The van der Waals surface area contributed by atoms with Gasteiger partial charge in [-0.1, -0.05) is 62.4 Å². The van der Waals surface area contributed by atoms with E-state index in [4.69, 9.17) is 4.74 Å². The second-order valence-electron chi connectivity index (χ2n) is 9.96. The van der Waals surface area contributed by atoms with E-state index >= 15 is 0 Å². The highest BCUT2D eigenvalue weighted by Crippen LogP contribution is 2.44. The minimum Gasteiger partial charge on any atom is -0.480 e. The molecule has 1 atom stereocenters. The Labute approximate surface area is 202 Å². The first kappa shape index (κ1) is 24.6. The highest BCUT2D eigenvalue weighted by atomic mass is 19.3. The first-order valence-corrected chi connectivity index (χ1v) is 11.5. The SMILES string of the molecule is CC(C)(CNC(=O)OCC1c2ccccc2-c2ccccc21)CC(=O)N1CC(F)(F)C[C@@H]1C(=O)O. The van der Waals surface area contributed by atoms with Crippen molar-refractivity contribution in [3.05, 3.63) is 59.7 Å². The fourth-order valence-corrected chi connectivity index (χ4v) is 4.83. The normalized spacial score (nSPS) is 18.6. The number of carboxylic acids is 1. The van der Waals surface area contributed by atoms with Crippen LogP contribution in [0.5, 0.6) is 0 Å². The zero-order valence-corrected chi connectivity index (χ0v) is 19.6. The molecule has 0 unspecified atom stereocenters. The molecule has 0 aromatic heterocycles. The van der Waals surface area contributed by atoms with Gasteiger partial charge < -0.3 is 20.1 Å². The maximum Gasteiger partial charge on any atom is 0.407 e. The van der Waals surface area contributed by atoms with E-state index in [-0.39, 0.29) is 25.5 Å². The molecule has 2 amide bonds. The van der Waals surface area contributed by atoms with Gasteiger partial charge in [0.1, 0.15) is 12.6 Å². The predicted molar refractivity (Wildman–Crippen MR) is 124 cm³/mol. The number of hydrogen-bond donors (Lipinski definition) is 2. The molecule has 0 bridgehead atoms. The van der Waals surface area contributed by atoms with E-state index in [1.807, 2.05) is 48.5 Å². The molecule has 35 heavy (non-hydrogen) atoms. The minimum atomic E-state index is -3.23. The van der Waals surface area contributed by atoms with E-state index in [9.17, 15) is 28.3 Å². The second-order valence-corrected chi connectivity index (χ2v) is 9.96. The maximum atomic E-state index is 13.7. The van der Waals surface area contributed by atoms with Crippen molar-refractivity contribution in [2.45, 2.75) is 44.6 Å². The summed E-state index contributed by atoms with van der Waals surface area (Å²) in [5.41, 5.74) is 3.60. The Bertz CT molecular complexity index is 1100. The molecule has 2 N–H and O–H groups in total. The lowest BCUT2D eigenvalue weighted by Gasteiger charge is -2.28. The van der Waals surface area contributed by atoms with Crippen LogP contribution >= 0.6 is 0 Å². The van der Waals surface area contributed by atoms with Crippen LogP contribution in [0.1, 0.15) is 43.7 Å². The van der Waals surface area contributed by atoms with Gasteiger partial charge in [0, 0.05) is 25.3 Å². The molecular formula is C26H28F2N2O5. The van der Waals surface area contributed by atoms with Crippen LogP contribution in [0.3, 0.4) is 0 Å². The first-order chi connectivity index (χ1) is 16.5. The van der Waals surface area contributed by atoms with Gasteiger partial charge in [0.2, 0.25) is 5.91 Å². The zero-order chi connectivity index (χ0) is 25.4. The first-order valence-electron chi connectivity index (χ1n) is 11.5. The molecule has 2 aromatic carbocycles. The molecule has 1 aliphatic heterocycles. The minimum absolute atomic E-state index is 0.0530. The van der Waals surface area contributed by atoms with Crippen LogP contribution in [0.15, 0.2) is 48.5 Å². The number of carbonyl (C=O) groups is 3. The summed E-state index contributed by atoms with van der Waals surface area (Å²) < 4.78 is 32.9. The van der Waals surface area contributed by atoms with Crippen LogP contribution < -0.4 is 5.32 Å². The van der Waals surface area contributed by atoms with Gasteiger partial charge in [-0.25, -0.2) is 18.4 Å². The van der Waals surface area contributed by atoms with E-state index in [1.165, 1.54) is 0 Å². The number of nitrogens with zero attached hydrogens (tertiary/aromatic N) is 1. The molecule has 186 valence electrons. The fourth-order valence-electron chi connectivity index (χ4n) is 4.83. The number of carboxylic acid groups (broad SMARTS) is 1. The summed E-state index contributed by atoms with van der Waals surface area (Å²) in [5, 5.41) is 11.9. The summed E-state index contributed by atoms with van der Waals surface area (Å²) in [6, 6.07) is 14.4. The number of hydrogen-bond acceptors (Lipinski definition) is 4. The average Bonchev–Trinajstić information content (AvgIpc) is 3.30. The van der Waals surface area contributed by atoms with Crippen molar-refractivity contribution in [1.29, 1.82) is 0 Å². The Morgan fingerprint density at radius 2 is 1.66 bits per heavy atom. The molecular weight excluding hydrogens is 458 g/mol. The largest absolute Gasteiger partial charge is 0.480 e. The van der Waals surface area contributed by atoms with Crippen LogP contribution in [-0.2, 0) is 14.3 Å². The number of fused-ring (bicyclic) bond motifs is 3. The molecule has 0 saturated carbocycles. The predicted octanol–water partition coefficient (Wildman–Crippen LogP) is 4.26. The van der Waals surface area contributed by atoms with Gasteiger partial charge in [0.25, 0.3) is 5.92 Å². The summed E-state index contributed by atoms with van der Waals surface area (Å²) in [4.78, 5) is 37.1. The number of rotatable bonds is 7. The third-order valence-corrected chi connectivity index (χ3v) is 6.56. The van der Waals surface area contributed by atoms with E-state index in [2.05, 4.69) is 5.32 Å². The summed E-state index contributed by atoms with van der Waals surface area (Å²) in [5.74, 6) is -5.46. The Balaban J connectivity index is 1.32. The molecule has 1 heterocycles. The highest BCUT2D eigenvalue weighted by Gasteiger charge is 2.50. The molecule has 2 aliphatic rings. The molecule has 0 spiro atoms. The van der Waals surface area contributed by atoms with Crippen molar-refractivity contribution in [2.24, 2.45) is 5.41 Å². The van der Waals surface area contributed by atoms with Gasteiger partial charge in [0.05, 0.1) is 6.54 Å². The van der Waals surface area contributed by atoms with Gasteiger partial charge >= 0.3 is 12.1 Å². The number of likely N-dealkylation sites (tertiary alicyclic amines) is 1. The number of amides is 2. The highest BCUT2D eigenvalue weighted by molar-refractivity contribution is 5.85. The van der Waals surface area contributed by atoms with E-state index in [0.717, 1.165) is 27.2 Å². The van der Waals surface area contributed by atoms with Crippen LogP contribution in [0, 0.1) is 5.41 Å². The van der Waals surface area contributed by atoms with Crippen molar-refractivity contribution in [2.75, 3.05) is 19.7 Å². The number of benzene rings is 2. The summed E-state index contributed by atoms with van der Waals surface area (Å²) >= 11 is 0. The standard InChI is InChI=1S/C26H28F2N2O5/c1-25(2,12-22(31)30-15-26(27,28)11-21(30)23(32)33)14-29-24(34)35-13-20-18-9-5-3-7-16(18)17-8-4-6-10-19(17)20/h3-10,20-21H,11-15H2,1-2H3,(H,29,34)(H,32,33)/t21-/m1/s1. The number of alkyl carbamates (subject to hydrolysis) is 1. The number of alkyl halides is 2. The van der Waals surface area contributed by atoms with Crippen LogP contribution in [0.4, 0.5) is 13.6 Å². The van der Waals surface area contributed by atoms with Crippen molar-refractivity contribution in [3.8, 4) is 11.1 Å². The van der Waals surface area contributed by atoms with Gasteiger partial charge in [0.15, 0.2) is 0 Å². The van der Waals surface area contributed by atoms with E-state index < -0.39 is 48.3 Å². The average molecular weight is 487 g/mol. The molecule has 7 nitrogen and oxygen atoms in total. The van der Waals surface area contributed by atoms with E-state index in [1.54, 1.807) is 13.8 Å². The molecule has 1 fully saturated rings. The Hall–Kier alpha value is -3.49. The fraction of sp³-hybridized carbons (Fsp3) is 0.423. The molecule has 0 radical (unpaired) electrons. The van der Waals surface area contributed by atoms with Gasteiger partial charge in [-0.15, -0.1) is 0 Å². The van der Waals surface area contributed by atoms with E-state index in [0.29, 0.717) is 0 Å². The number of ether oxygens (including phenoxy) is 1. The lowest BCUT2D eigenvalue weighted by Crippen LogP contribution is -2.44. The monoisotopic (exact) mass is 486 g/mol. The second kappa shape index (κ2) is 9.28. The Morgan fingerprint density at radius 1 is 1.09 bits per heavy atom. The van der Waals surface area contributed by atoms with Crippen molar-refractivity contribution in [3.63, 3.8) is 0 Å². The number of nitrogens with one attached hydrogen (secondary N) is 1. The van der Waals surface area contributed by atoms with Gasteiger partial charge in [-0.2, -0.15) is 0 Å². The maximum absolute atomic E-state index is 13.7. The summed E-state index contributed by atoms with van der Waals surface area (Å²) in [7, 11) is 0. The third-order valence-electron chi connectivity index (χ3n) is 6.56. The molecule has 1 saturated heterocycles. The topological polar surface area (TPSA) is 95.9 Å². The zero-order valence-electron chi connectivity index (χ0n) is 19.6. The van der Waals surface area contributed by atoms with Crippen molar-refractivity contribution < 1.29 is 33.0 Å². The van der Waals surface area contributed by atoms with Gasteiger partial charge in [-0.05, 0) is 27.7 Å².